The fourth-order valence-electron chi connectivity index (χ4n) is 0.846. The van der Waals surface area contributed by atoms with Crippen molar-refractivity contribution in [1.29, 1.82) is 0 Å². The van der Waals surface area contributed by atoms with Gasteiger partial charge in [-0.05, 0) is 35.4 Å². The van der Waals surface area contributed by atoms with E-state index < -0.39 is 5.97 Å². The Morgan fingerprint density at radius 1 is 1.47 bits per heavy atom. The lowest BCUT2D eigenvalue weighted by Crippen LogP contribution is -2.02. The molecule has 0 unspecified atom stereocenters. The highest BCUT2D eigenvalue weighted by Crippen LogP contribution is 2.25. The minimum atomic E-state index is -1.09. The lowest BCUT2D eigenvalue weighted by molar-refractivity contribution is -0.132. The summed E-state index contributed by atoms with van der Waals surface area (Å²) < 4.78 is 0.359. The minimum absolute atomic E-state index is 0.0125. The minimum Gasteiger partial charge on any atom is -0.478 e. The maximum atomic E-state index is 11.0. The molecule has 0 saturated heterocycles. The van der Waals surface area contributed by atoms with Crippen molar-refractivity contribution in [2.24, 2.45) is 0 Å². The Morgan fingerprint density at radius 2 is 2.00 bits per heavy atom. The van der Waals surface area contributed by atoms with Crippen LogP contribution in [0, 0.1) is 0 Å². The SMILES string of the molecule is CC/C=C(Cl)/C(C(=O)O)=C(Br)\C=C(/C)Cl. The van der Waals surface area contributed by atoms with Crippen molar-refractivity contribution in [2.75, 3.05) is 0 Å². The van der Waals surface area contributed by atoms with Gasteiger partial charge in [0.1, 0.15) is 0 Å². The molecule has 0 saturated carbocycles. The van der Waals surface area contributed by atoms with Gasteiger partial charge in [0.2, 0.25) is 0 Å². The molecule has 0 aliphatic carbocycles. The molecule has 5 heteroatoms. The molecule has 0 rings (SSSR count). The van der Waals surface area contributed by atoms with Gasteiger partial charge in [0.25, 0.3) is 0 Å². The van der Waals surface area contributed by atoms with Crippen LogP contribution in [0.5, 0.6) is 0 Å². The van der Waals surface area contributed by atoms with Gasteiger partial charge in [0, 0.05) is 9.51 Å². The van der Waals surface area contributed by atoms with Gasteiger partial charge in [-0.25, -0.2) is 4.79 Å². The summed E-state index contributed by atoms with van der Waals surface area (Å²) in [5.74, 6) is -1.09. The molecule has 0 radical (unpaired) electrons. The number of hydrogen-bond acceptors (Lipinski definition) is 1. The van der Waals surface area contributed by atoms with Crippen molar-refractivity contribution < 1.29 is 9.90 Å². The maximum Gasteiger partial charge on any atom is 0.338 e. The fourth-order valence-corrected chi connectivity index (χ4v) is 2.26. The fraction of sp³-hybridized carbons (Fsp3) is 0.300. The summed E-state index contributed by atoms with van der Waals surface area (Å²) in [5.41, 5.74) is 0.0125. The molecule has 2 nitrogen and oxygen atoms in total. The van der Waals surface area contributed by atoms with Crippen LogP contribution in [0.4, 0.5) is 0 Å². The highest BCUT2D eigenvalue weighted by molar-refractivity contribution is 9.12. The average Bonchev–Trinajstić information content (AvgIpc) is 2.01. The number of aliphatic carboxylic acids is 1. The van der Waals surface area contributed by atoms with E-state index in [1.807, 2.05) is 6.92 Å². The lowest BCUT2D eigenvalue weighted by atomic mass is 10.2. The first-order valence-electron chi connectivity index (χ1n) is 4.23. The molecular formula is C10H11BrCl2O2. The Morgan fingerprint density at radius 3 is 2.33 bits per heavy atom. The van der Waals surface area contributed by atoms with Crippen LogP contribution in [-0.4, -0.2) is 11.1 Å². The first-order chi connectivity index (χ1) is 6.90. The summed E-state index contributed by atoms with van der Waals surface area (Å²) in [7, 11) is 0. The molecule has 15 heavy (non-hydrogen) atoms. The van der Waals surface area contributed by atoms with E-state index in [4.69, 9.17) is 28.3 Å². The molecule has 0 amide bonds. The van der Waals surface area contributed by atoms with Gasteiger partial charge < -0.3 is 5.11 Å². The van der Waals surface area contributed by atoms with Crippen LogP contribution in [-0.2, 0) is 4.79 Å². The Labute approximate surface area is 107 Å². The maximum absolute atomic E-state index is 11.0. The third kappa shape index (κ3) is 5.40. The molecule has 0 aromatic heterocycles. The van der Waals surface area contributed by atoms with E-state index in [1.54, 1.807) is 13.0 Å². The second kappa shape index (κ2) is 7.09. The molecule has 0 aliphatic rings. The van der Waals surface area contributed by atoms with Crippen LogP contribution in [0.1, 0.15) is 20.3 Å². The standard InChI is InChI=1S/C10H11BrCl2O2/c1-3-4-8(13)9(10(14)15)7(11)5-6(2)12/h4-5H,3H2,1-2H3,(H,14,15)/b6-5+,8-4-,9-7-. The monoisotopic (exact) mass is 312 g/mol. The van der Waals surface area contributed by atoms with Gasteiger partial charge in [0.15, 0.2) is 0 Å². The molecule has 0 aromatic carbocycles. The smallest absolute Gasteiger partial charge is 0.338 e. The average molecular weight is 314 g/mol. The molecule has 0 aromatic rings. The number of halogens is 3. The first-order valence-corrected chi connectivity index (χ1v) is 5.77. The van der Waals surface area contributed by atoms with Crippen molar-refractivity contribution in [3.63, 3.8) is 0 Å². The predicted octanol–water partition coefficient (Wildman–Crippen LogP) is 4.40. The van der Waals surface area contributed by atoms with E-state index in [-0.39, 0.29) is 10.6 Å². The summed E-state index contributed by atoms with van der Waals surface area (Å²) in [6.45, 7) is 3.53. The summed E-state index contributed by atoms with van der Waals surface area (Å²) in [6.07, 6.45) is 3.79. The Bertz CT molecular complexity index is 339. The van der Waals surface area contributed by atoms with Crippen LogP contribution in [0.3, 0.4) is 0 Å². The second-order valence-electron chi connectivity index (χ2n) is 2.72. The second-order valence-corrected chi connectivity index (χ2v) is 4.58. The van der Waals surface area contributed by atoms with Gasteiger partial charge in [-0.3, -0.25) is 0 Å². The van der Waals surface area contributed by atoms with Crippen molar-refractivity contribution in [3.8, 4) is 0 Å². The third-order valence-electron chi connectivity index (χ3n) is 1.40. The van der Waals surface area contributed by atoms with Gasteiger partial charge in [0.05, 0.1) is 10.6 Å². The number of rotatable bonds is 4. The zero-order valence-corrected chi connectivity index (χ0v) is 11.4. The Balaban J connectivity index is 5.40. The van der Waals surface area contributed by atoms with Gasteiger partial charge in [-0.2, -0.15) is 0 Å². The zero-order valence-electron chi connectivity index (χ0n) is 8.35. The van der Waals surface area contributed by atoms with Gasteiger partial charge in [-0.1, -0.05) is 36.2 Å². The van der Waals surface area contributed by atoms with E-state index in [2.05, 4.69) is 15.9 Å². The predicted molar refractivity (Wildman–Crippen MR) is 67.4 cm³/mol. The van der Waals surface area contributed by atoms with E-state index >= 15 is 0 Å². The number of allylic oxidation sites excluding steroid dienone is 4. The summed E-state index contributed by atoms with van der Waals surface area (Å²) in [5, 5.41) is 9.64. The van der Waals surface area contributed by atoms with E-state index in [0.29, 0.717) is 15.9 Å². The van der Waals surface area contributed by atoms with Crippen LogP contribution in [0.25, 0.3) is 0 Å². The number of hydrogen-bond donors (Lipinski definition) is 1. The topological polar surface area (TPSA) is 37.3 Å². The largest absolute Gasteiger partial charge is 0.478 e. The van der Waals surface area contributed by atoms with E-state index in [1.165, 1.54) is 6.08 Å². The van der Waals surface area contributed by atoms with Gasteiger partial charge in [-0.15, -0.1) is 0 Å². The van der Waals surface area contributed by atoms with Crippen molar-refractivity contribution in [2.45, 2.75) is 20.3 Å². The third-order valence-corrected chi connectivity index (χ3v) is 2.48. The van der Waals surface area contributed by atoms with Crippen LogP contribution < -0.4 is 0 Å². The number of carboxylic acid groups (broad SMARTS) is 1. The molecule has 0 spiro atoms. The summed E-state index contributed by atoms with van der Waals surface area (Å²) in [4.78, 5) is 11.0. The van der Waals surface area contributed by atoms with Gasteiger partial charge >= 0.3 is 5.97 Å². The molecule has 0 aliphatic heterocycles. The summed E-state index contributed by atoms with van der Waals surface area (Å²) in [6, 6.07) is 0. The highest BCUT2D eigenvalue weighted by Gasteiger charge is 2.14. The van der Waals surface area contributed by atoms with E-state index in [9.17, 15) is 4.79 Å². The Hall–Kier alpha value is -0.250. The number of carboxylic acids is 1. The van der Waals surface area contributed by atoms with Crippen LogP contribution >= 0.6 is 39.1 Å². The van der Waals surface area contributed by atoms with E-state index in [0.717, 1.165) is 0 Å². The zero-order chi connectivity index (χ0) is 12.0. The Kier molecular flexibility index (Phi) is 6.98. The summed E-state index contributed by atoms with van der Waals surface area (Å²) >= 11 is 14.6. The molecule has 1 N–H and O–H groups in total. The molecular weight excluding hydrogens is 303 g/mol. The highest BCUT2D eigenvalue weighted by atomic mass is 79.9. The number of carbonyl (C=O) groups is 1. The van der Waals surface area contributed by atoms with Crippen molar-refractivity contribution >= 4 is 45.1 Å². The lowest BCUT2D eigenvalue weighted by Gasteiger charge is -2.02. The molecule has 0 fully saturated rings. The van der Waals surface area contributed by atoms with Crippen LogP contribution in [0.2, 0.25) is 0 Å². The molecule has 84 valence electrons. The van der Waals surface area contributed by atoms with Crippen molar-refractivity contribution in [1.82, 2.24) is 0 Å². The molecule has 0 bridgehead atoms. The van der Waals surface area contributed by atoms with Crippen molar-refractivity contribution in [3.05, 3.63) is 32.3 Å². The molecule has 0 atom stereocenters. The normalized spacial score (nSPS) is 15.0. The molecule has 0 heterocycles. The van der Waals surface area contributed by atoms with Crippen LogP contribution in [0.15, 0.2) is 32.3 Å². The quantitative estimate of drug-likeness (QED) is 0.617. The first kappa shape index (κ1) is 14.8.